The molecule has 0 heterocycles. The molecular formula is C7H12O4S2. The van der Waals surface area contributed by atoms with Crippen LogP contribution < -0.4 is 0 Å². The Morgan fingerprint density at radius 3 is 2.23 bits per heavy atom. The second kappa shape index (κ2) is 6.15. The molecule has 0 bridgehead atoms. The monoisotopic (exact) mass is 224 g/mol. The van der Waals surface area contributed by atoms with Crippen molar-refractivity contribution in [3.63, 3.8) is 0 Å². The van der Waals surface area contributed by atoms with Gasteiger partial charge in [-0.25, -0.2) is 0 Å². The summed E-state index contributed by atoms with van der Waals surface area (Å²) in [5.41, 5.74) is 0. The Morgan fingerprint density at radius 2 is 1.92 bits per heavy atom. The molecule has 2 unspecified atom stereocenters. The van der Waals surface area contributed by atoms with Crippen LogP contribution in [0.5, 0.6) is 0 Å². The molecule has 2 atom stereocenters. The summed E-state index contributed by atoms with van der Waals surface area (Å²) in [5.74, 6) is -1.69. The largest absolute Gasteiger partial charge is 0.480 e. The maximum absolute atomic E-state index is 10.6. The van der Waals surface area contributed by atoms with Gasteiger partial charge in [-0.15, -0.1) is 11.8 Å². The molecule has 0 aromatic heterocycles. The third kappa shape index (κ3) is 4.42. The zero-order valence-electron chi connectivity index (χ0n) is 7.14. The molecule has 0 aliphatic carbocycles. The summed E-state index contributed by atoms with van der Waals surface area (Å²) < 4.78 is 0. The third-order valence-electron chi connectivity index (χ3n) is 1.28. The average Bonchev–Trinajstić information content (AvgIpc) is 2.04. The van der Waals surface area contributed by atoms with Gasteiger partial charge >= 0.3 is 11.9 Å². The van der Waals surface area contributed by atoms with E-state index in [0.717, 1.165) is 18.2 Å². The lowest BCUT2D eigenvalue weighted by molar-refractivity contribution is -0.142. The van der Waals surface area contributed by atoms with Crippen molar-refractivity contribution in [3.8, 4) is 0 Å². The van der Waals surface area contributed by atoms with Gasteiger partial charge in [0.05, 0.1) is 0 Å². The van der Waals surface area contributed by atoms with Gasteiger partial charge in [0.15, 0.2) is 0 Å². The summed E-state index contributed by atoms with van der Waals surface area (Å²) >= 11 is 4.84. The lowest BCUT2D eigenvalue weighted by atomic mass is 10.3. The Labute approximate surface area is 86.1 Å². The number of aliphatic carboxylic acids is 2. The van der Waals surface area contributed by atoms with Crippen molar-refractivity contribution in [3.05, 3.63) is 0 Å². The Morgan fingerprint density at radius 1 is 1.38 bits per heavy atom. The molecular weight excluding hydrogens is 212 g/mol. The SMILES string of the molecule is CCCSC(C(=O)O)C(S)C(=O)O. The van der Waals surface area contributed by atoms with E-state index in [1.165, 1.54) is 0 Å². The highest BCUT2D eigenvalue weighted by molar-refractivity contribution is 8.01. The van der Waals surface area contributed by atoms with Gasteiger partial charge in [-0.05, 0) is 12.2 Å². The van der Waals surface area contributed by atoms with Gasteiger partial charge in [0.1, 0.15) is 10.5 Å². The summed E-state index contributed by atoms with van der Waals surface area (Å²) in [5, 5.41) is 15.1. The topological polar surface area (TPSA) is 74.6 Å². The fourth-order valence-corrected chi connectivity index (χ4v) is 1.99. The van der Waals surface area contributed by atoms with Crippen LogP contribution in [-0.4, -0.2) is 38.4 Å². The minimum absolute atomic E-state index is 0.626. The van der Waals surface area contributed by atoms with Crippen LogP contribution in [0.4, 0.5) is 0 Å². The first kappa shape index (κ1) is 12.6. The van der Waals surface area contributed by atoms with E-state index in [2.05, 4.69) is 12.6 Å². The van der Waals surface area contributed by atoms with Crippen LogP contribution in [0.3, 0.4) is 0 Å². The average molecular weight is 224 g/mol. The highest BCUT2D eigenvalue weighted by Crippen LogP contribution is 2.20. The van der Waals surface area contributed by atoms with Crippen molar-refractivity contribution < 1.29 is 19.8 Å². The molecule has 0 aliphatic rings. The van der Waals surface area contributed by atoms with Crippen molar-refractivity contribution in [1.29, 1.82) is 0 Å². The number of rotatable bonds is 6. The van der Waals surface area contributed by atoms with E-state index >= 15 is 0 Å². The molecule has 0 aromatic rings. The smallest absolute Gasteiger partial charge is 0.318 e. The summed E-state index contributed by atoms with van der Waals surface area (Å²) in [7, 11) is 0. The van der Waals surface area contributed by atoms with Gasteiger partial charge in [0.25, 0.3) is 0 Å². The summed E-state index contributed by atoms with van der Waals surface area (Å²) in [4.78, 5) is 21.1. The first-order valence-corrected chi connectivity index (χ1v) is 5.32. The minimum atomic E-state index is -1.20. The number of thioether (sulfide) groups is 1. The van der Waals surface area contributed by atoms with Gasteiger partial charge in [0.2, 0.25) is 0 Å². The molecule has 0 rings (SSSR count). The molecule has 0 radical (unpaired) electrons. The van der Waals surface area contributed by atoms with Crippen LogP contribution in [0.2, 0.25) is 0 Å². The third-order valence-corrected chi connectivity index (χ3v) is 3.48. The predicted octanol–water partition coefficient (Wildman–Crippen LogP) is 0.966. The molecule has 0 aliphatic heterocycles. The molecule has 2 N–H and O–H groups in total. The number of carboxylic acids is 2. The highest BCUT2D eigenvalue weighted by Gasteiger charge is 2.30. The van der Waals surface area contributed by atoms with Crippen molar-refractivity contribution in [1.82, 2.24) is 0 Å². The van der Waals surface area contributed by atoms with Crippen LogP contribution in [-0.2, 0) is 9.59 Å². The van der Waals surface area contributed by atoms with Crippen molar-refractivity contribution >= 4 is 36.3 Å². The summed E-state index contributed by atoms with van der Waals surface area (Å²) in [6.45, 7) is 1.90. The molecule has 0 aromatic carbocycles. The van der Waals surface area contributed by atoms with Crippen LogP contribution in [0.25, 0.3) is 0 Å². The van der Waals surface area contributed by atoms with Gasteiger partial charge < -0.3 is 10.2 Å². The van der Waals surface area contributed by atoms with E-state index in [4.69, 9.17) is 10.2 Å². The van der Waals surface area contributed by atoms with E-state index in [1.54, 1.807) is 0 Å². The molecule has 0 spiro atoms. The Hall–Kier alpha value is -0.360. The van der Waals surface area contributed by atoms with E-state index in [1.807, 2.05) is 6.92 Å². The van der Waals surface area contributed by atoms with Crippen LogP contribution in [0, 0.1) is 0 Å². The zero-order valence-corrected chi connectivity index (χ0v) is 8.85. The lowest BCUT2D eigenvalue weighted by Crippen LogP contribution is -2.33. The highest BCUT2D eigenvalue weighted by atomic mass is 32.2. The molecule has 76 valence electrons. The first-order chi connectivity index (χ1) is 6.00. The van der Waals surface area contributed by atoms with Gasteiger partial charge in [-0.2, -0.15) is 12.6 Å². The maximum atomic E-state index is 10.6. The summed E-state index contributed by atoms with van der Waals surface area (Å²) in [6, 6.07) is 0. The van der Waals surface area contributed by atoms with Gasteiger partial charge in [-0.1, -0.05) is 6.92 Å². The second-order valence-electron chi connectivity index (χ2n) is 2.41. The molecule has 6 heteroatoms. The number of hydrogen-bond donors (Lipinski definition) is 3. The first-order valence-electron chi connectivity index (χ1n) is 3.76. The fraction of sp³-hybridized carbons (Fsp3) is 0.714. The standard InChI is InChI=1S/C7H12O4S2/c1-2-3-13-5(7(10)11)4(12)6(8)9/h4-5,12H,2-3H2,1H3,(H,8,9)(H,10,11). The number of thiol groups is 1. The maximum Gasteiger partial charge on any atom is 0.318 e. The van der Waals surface area contributed by atoms with Crippen LogP contribution >= 0.6 is 24.4 Å². The summed E-state index contributed by atoms with van der Waals surface area (Å²) in [6.07, 6.45) is 0.814. The molecule has 4 nitrogen and oxygen atoms in total. The van der Waals surface area contributed by atoms with Crippen LogP contribution in [0.1, 0.15) is 13.3 Å². The molecule has 13 heavy (non-hydrogen) atoms. The fourth-order valence-electron chi connectivity index (χ4n) is 0.672. The molecule has 0 fully saturated rings. The Bertz CT molecular complexity index is 195. The predicted molar refractivity (Wildman–Crippen MR) is 54.6 cm³/mol. The molecule has 0 amide bonds. The number of carboxylic acid groups (broad SMARTS) is 2. The number of hydrogen-bond acceptors (Lipinski definition) is 4. The van der Waals surface area contributed by atoms with Crippen LogP contribution in [0.15, 0.2) is 0 Å². The molecule has 0 saturated carbocycles. The lowest BCUT2D eigenvalue weighted by Gasteiger charge is -2.14. The minimum Gasteiger partial charge on any atom is -0.480 e. The van der Waals surface area contributed by atoms with Crippen molar-refractivity contribution in [2.24, 2.45) is 0 Å². The second-order valence-corrected chi connectivity index (χ2v) is 4.22. The Kier molecular flexibility index (Phi) is 5.98. The normalized spacial score (nSPS) is 14.9. The van der Waals surface area contributed by atoms with E-state index < -0.39 is 22.4 Å². The number of carbonyl (C=O) groups is 2. The van der Waals surface area contributed by atoms with E-state index in [0.29, 0.717) is 5.75 Å². The van der Waals surface area contributed by atoms with Gasteiger partial charge in [-0.3, -0.25) is 9.59 Å². The quantitative estimate of drug-likeness (QED) is 0.586. The van der Waals surface area contributed by atoms with Gasteiger partial charge in [0, 0.05) is 0 Å². The van der Waals surface area contributed by atoms with E-state index in [9.17, 15) is 9.59 Å². The molecule has 0 saturated heterocycles. The van der Waals surface area contributed by atoms with E-state index in [-0.39, 0.29) is 0 Å². The van der Waals surface area contributed by atoms with Crippen molar-refractivity contribution in [2.45, 2.75) is 23.8 Å². The zero-order chi connectivity index (χ0) is 10.4. The Balaban J connectivity index is 4.24. The van der Waals surface area contributed by atoms with Crippen molar-refractivity contribution in [2.75, 3.05) is 5.75 Å².